The third kappa shape index (κ3) is 2.22. The number of nitrogens with zero attached hydrogens (tertiary/aromatic N) is 1. The van der Waals surface area contributed by atoms with Crippen molar-refractivity contribution < 1.29 is 4.79 Å². The Bertz CT molecular complexity index is 520. The summed E-state index contributed by atoms with van der Waals surface area (Å²) in [5.41, 5.74) is 0.00796. The lowest BCUT2D eigenvalue weighted by Gasteiger charge is -2.47. The van der Waals surface area contributed by atoms with Crippen LogP contribution < -0.4 is 10.6 Å². The molecule has 0 radical (unpaired) electrons. The lowest BCUT2D eigenvalue weighted by atomic mass is 9.71. The summed E-state index contributed by atoms with van der Waals surface area (Å²) in [5, 5.41) is 6.01. The minimum atomic E-state index is -0.0440. The van der Waals surface area contributed by atoms with Crippen LogP contribution in [-0.4, -0.2) is 37.1 Å². The number of hydrogen-bond acceptors (Lipinski definition) is 3. The average molecular weight is 314 g/mol. The first-order valence-electron chi connectivity index (χ1n) is 6.95. The third-order valence-corrected chi connectivity index (χ3v) is 6.31. The van der Waals surface area contributed by atoms with Crippen LogP contribution >= 0.6 is 22.9 Å². The van der Waals surface area contributed by atoms with Gasteiger partial charge in [-0.1, -0.05) is 11.6 Å². The van der Waals surface area contributed by atoms with E-state index < -0.39 is 0 Å². The lowest BCUT2D eigenvalue weighted by molar-refractivity contribution is 0.0684. The first-order chi connectivity index (χ1) is 9.46. The lowest BCUT2D eigenvalue weighted by Crippen LogP contribution is -2.53. The number of amides is 2. The molecule has 0 atom stereocenters. The highest BCUT2D eigenvalue weighted by atomic mass is 35.5. The monoisotopic (exact) mass is 313 g/mol. The molecule has 1 saturated heterocycles. The maximum Gasteiger partial charge on any atom is 0.315 e. The van der Waals surface area contributed by atoms with Crippen LogP contribution in [0.5, 0.6) is 0 Å². The van der Waals surface area contributed by atoms with E-state index in [4.69, 9.17) is 11.6 Å². The Morgan fingerprint density at radius 3 is 2.40 bits per heavy atom. The minimum absolute atomic E-state index is 0.0264. The quantitative estimate of drug-likeness (QED) is 0.882. The van der Waals surface area contributed by atoms with Gasteiger partial charge in [0.25, 0.3) is 0 Å². The molecule has 6 heteroatoms. The summed E-state index contributed by atoms with van der Waals surface area (Å²) in [7, 11) is 4.27. The number of carbonyl (C=O) groups is 1. The molecule has 4 nitrogen and oxygen atoms in total. The van der Waals surface area contributed by atoms with Gasteiger partial charge in [0, 0.05) is 11.4 Å². The molecule has 1 saturated carbocycles. The van der Waals surface area contributed by atoms with E-state index in [1.165, 1.54) is 4.88 Å². The van der Waals surface area contributed by atoms with Crippen LogP contribution in [0.25, 0.3) is 0 Å². The highest BCUT2D eigenvalue weighted by Gasteiger charge is 2.48. The van der Waals surface area contributed by atoms with E-state index in [-0.39, 0.29) is 17.1 Å². The van der Waals surface area contributed by atoms with Crippen LogP contribution in [-0.2, 0) is 5.54 Å². The number of thiophene rings is 1. The van der Waals surface area contributed by atoms with Gasteiger partial charge < -0.3 is 10.6 Å². The smallest absolute Gasteiger partial charge is 0.315 e. The highest BCUT2D eigenvalue weighted by molar-refractivity contribution is 7.16. The molecule has 2 heterocycles. The summed E-state index contributed by atoms with van der Waals surface area (Å²) in [6, 6.07) is 4.11. The van der Waals surface area contributed by atoms with Gasteiger partial charge in [-0.25, -0.2) is 4.79 Å². The van der Waals surface area contributed by atoms with Crippen LogP contribution in [0.15, 0.2) is 12.1 Å². The van der Waals surface area contributed by atoms with E-state index in [0.29, 0.717) is 0 Å². The molecule has 1 aliphatic heterocycles. The van der Waals surface area contributed by atoms with Crippen molar-refractivity contribution in [3.63, 3.8) is 0 Å². The third-order valence-electron chi connectivity index (χ3n) is 4.89. The highest BCUT2D eigenvalue weighted by Crippen LogP contribution is 2.47. The van der Waals surface area contributed by atoms with Crippen molar-refractivity contribution in [1.29, 1.82) is 0 Å². The van der Waals surface area contributed by atoms with Crippen molar-refractivity contribution in [3.05, 3.63) is 21.3 Å². The van der Waals surface area contributed by atoms with Gasteiger partial charge in [0.1, 0.15) is 0 Å². The largest absolute Gasteiger partial charge is 0.336 e. The van der Waals surface area contributed by atoms with Crippen molar-refractivity contribution in [2.24, 2.45) is 0 Å². The topological polar surface area (TPSA) is 44.4 Å². The second-order valence-corrected chi connectivity index (χ2v) is 7.83. The van der Waals surface area contributed by atoms with E-state index in [9.17, 15) is 4.79 Å². The summed E-state index contributed by atoms with van der Waals surface area (Å²) in [5.74, 6) is 0. The van der Waals surface area contributed by atoms with Crippen LogP contribution in [0, 0.1) is 0 Å². The number of rotatable bonds is 2. The Labute approximate surface area is 128 Å². The molecule has 3 rings (SSSR count). The number of halogens is 1. The zero-order valence-corrected chi connectivity index (χ0v) is 13.4. The van der Waals surface area contributed by atoms with Gasteiger partial charge >= 0.3 is 6.03 Å². The molecule has 1 spiro atoms. The molecule has 110 valence electrons. The fourth-order valence-electron chi connectivity index (χ4n) is 3.50. The second kappa shape index (κ2) is 4.90. The van der Waals surface area contributed by atoms with E-state index in [2.05, 4.69) is 35.7 Å². The predicted molar refractivity (Wildman–Crippen MR) is 82.4 cm³/mol. The van der Waals surface area contributed by atoms with E-state index >= 15 is 0 Å². The zero-order chi connectivity index (χ0) is 14.4. The maximum absolute atomic E-state index is 11.4. The molecular weight excluding hydrogens is 294 g/mol. The fourth-order valence-corrected chi connectivity index (χ4v) is 4.87. The molecule has 20 heavy (non-hydrogen) atoms. The van der Waals surface area contributed by atoms with Crippen molar-refractivity contribution in [2.75, 3.05) is 20.6 Å². The Morgan fingerprint density at radius 2 is 1.95 bits per heavy atom. The first-order valence-corrected chi connectivity index (χ1v) is 8.15. The van der Waals surface area contributed by atoms with Gasteiger partial charge in [0.2, 0.25) is 0 Å². The molecule has 0 bridgehead atoms. The molecule has 2 amide bonds. The molecule has 0 aromatic carbocycles. The van der Waals surface area contributed by atoms with Crippen LogP contribution in [0.4, 0.5) is 4.79 Å². The fraction of sp³-hybridized carbons (Fsp3) is 0.643. The summed E-state index contributed by atoms with van der Waals surface area (Å²) in [4.78, 5) is 15.1. The summed E-state index contributed by atoms with van der Waals surface area (Å²) in [6.07, 6.45) is 4.08. The Balaban J connectivity index is 1.83. The average Bonchev–Trinajstić information content (AvgIpc) is 2.98. The van der Waals surface area contributed by atoms with Crippen molar-refractivity contribution in [2.45, 2.75) is 36.8 Å². The molecule has 1 aromatic heterocycles. The minimum Gasteiger partial charge on any atom is -0.336 e. The summed E-state index contributed by atoms with van der Waals surface area (Å²) in [6.45, 7) is 0.751. The van der Waals surface area contributed by atoms with E-state index in [1.807, 2.05) is 6.07 Å². The maximum atomic E-state index is 11.4. The van der Waals surface area contributed by atoms with Gasteiger partial charge in [-0.15, -0.1) is 11.3 Å². The van der Waals surface area contributed by atoms with Gasteiger partial charge in [-0.2, -0.15) is 0 Å². The Hall–Kier alpha value is -0.780. The zero-order valence-electron chi connectivity index (χ0n) is 11.8. The van der Waals surface area contributed by atoms with Crippen molar-refractivity contribution >= 4 is 29.0 Å². The summed E-state index contributed by atoms with van der Waals surface area (Å²) >= 11 is 7.79. The second-order valence-electron chi connectivity index (χ2n) is 6.12. The molecule has 2 fully saturated rings. The van der Waals surface area contributed by atoms with E-state index in [1.54, 1.807) is 11.3 Å². The number of nitrogens with one attached hydrogen (secondary N) is 2. The number of hydrogen-bond donors (Lipinski definition) is 2. The van der Waals surface area contributed by atoms with Crippen LogP contribution in [0.2, 0.25) is 4.34 Å². The first kappa shape index (κ1) is 14.2. The molecular formula is C14H20ClN3OS. The summed E-state index contributed by atoms with van der Waals surface area (Å²) < 4.78 is 0.845. The molecule has 1 aliphatic carbocycles. The van der Waals surface area contributed by atoms with Crippen molar-refractivity contribution in [3.8, 4) is 0 Å². The Morgan fingerprint density at radius 1 is 1.25 bits per heavy atom. The number of carbonyl (C=O) groups excluding carboxylic acids is 1. The van der Waals surface area contributed by atoms with Crippen molar-refractivity contribution in [1.82, 2.24) is 15.5 Å². The van der Waals surface area contributed by atoms with Gasteiger partial charge in [-0.05, 0) is 51.9 Å². The van der Waals surface area contributed by atoms with Crippen LogP contribution in [0.1, 0.15) is 30.6 Å². The number of urea groups is 1. The Kier molecular flexibility index (Phi) is 3.47. The molecule has 2 aliphatic rings. The van der Waals surface area contributed by atoms with Gasteiger partial charge in [0.05, 0.1) is 15.4 Å². The van der Waals surface area contributed by atoms with Crippen LogP contribution in [0.3, 0.4) is 0 Å². The van der Waals surface area contributed by atoms with E-state index in [0.717, 1.165) is 36.6 Å². The van der Waals surface area contributed by atoms with Gasteiger partial charge in [-0.3, -0.25) is 4.90 Å². The van der Waals surface area contributed by atoms with Gasteiger partial charge in [0.15, 0.2) is 0 Å². The molecule has 1 aromatic rings. The standard InChI is InChI=1S/C14H20ClN3OS/c1-18(2)14(10-3-4-11(15)20-10)7-5-13(6-8-14)9-16-12(19)17-13/h3-4H,5-9H2,1-2H3,(H2,16,17,19)/t13-,14+. The molecule has 2 N–H and O–H groups in total. The normalized spacial score (nSPS) is 33.5. The predicted octanol–water partition coefficient (Wildman–Crippen LogP) is 2.78. The SMILES string of the molecule is CN(C)[C@]1(c2ccc(Cl)s2)CC[C@]2(CC1)CNC(=O)N2. The molecule has 0 unspecified atom stereocenters.